The molecule has 0 bridgehead atoms. The first-order valence-electron chi connectivity index (χ1n) is 10.1. The summed E-state index contributed by atoms with van der Waals surface area (Å²) in [6, 6.07) is 12.6. The predicted octanol–water partition coefficient (Wildman–Crippen LogP) is 4.21. The number of para-hydroxylation sites is 1. The second kappa shape index (κ2) is 7.68. The molecule has 0 saturated carbocycles. The quantitative estimate of drug-likeness (QED) is 0.689. The highest BCUT2D eigenvalue weighted by Gasteiger charge is 2.25. The van der Waals surface area contributed by atoms with Crippen LogP contribution in [0, 0.1) is 0 Å². The molecule has 2 aliphatic heterocycles. The third-order valence-electron chi connectivity index (χ3n) is 5.75. The van der Waals surface area contributed by atoms with Crippen LogP contribution >= 0.6 is 0 Å². The lowest BCUT2D eigenvalue weighted by atomic mass is 9.95. The molecule has 142 valence electrons. The van der Waals surface area contributed by atoms with Gasteiger partial charge in [0.05, 0.1) is 16.9 Å². The number of hydrogen-bond acceptors (Lipinski definition) is 5. The number of nitrogens with zero attached hydrogens (tertiary/aromatic N) is 4. The lowest BCUT2D eigenvalue weighted by Gasteiger charge is -2.31. The summed E-state index contributed by atoms with van der Waals surface area (Å²) in [5, 5.41) is 1.19. The molecule has 1 saturated heterocycles. The first-order chi connectivity index (χ1) is 13.9. The molecule has 0 atom stereocenters. The van der Waals surface area contributed by atoms with E-state index in [2.05, 4.69) is 41.3 Å². The number of pyridine rings is 1. The molecular formula is C23H24N4O. The summed E-state index contributed by atoms with van der Waals surface area (Å²) in [5.74, 6) is 1.49. The van der Waals surface area contributed by atoms with E-state index in [9.17, 15) is 0 Å². The van der Waals surface area contributed by atoms with E-state index in [-0.39, 0.29) is 0 Å². The summed E-state index contributed by atoms with van der Waals surface area (Å²) in [6.07, 6.45) is 8.95. The van der Waals surface area contributed by atoms with Gasteiger partial charge >= 0.3 is 0 Å². The zero-order chi connectivity index (χ0) is 18.8. The Kier molecular flexibility index (Phi) is 4.75. The van der Waals surface area contributed by atoms with Crippen molar-refractivity contribution in [3.05, 3.63) is 66.3 Å². The summed E-state index contributed by atoms with van der Waals surface area (Å²) < 4.78 is 5.52. The topological polar surface area (TPSA) is 51.1 Å². The number of fused-ring (bicyclic) bond motifs is 1. The first-order valence-corrected chi connectivity index (χ1v) is 10.1. The van der Waals surface area contributed by atoms with Gasteiger partial charge in [0, 0.05) is 50.0 Å². The fraction of sp³-hybridized carbons (Fsp3) is 0.348. The van der Waals surface area contributed by atoms with Crippen LogP contribution in [0.25, 0.3) is 16.5 Å². The number of hydrogen-bond donors (Lipinski definition) is 0. The van der Waals surface area contributed by atoms with Crippen LogP contribution in [0.3, 0.4) is 0 Å². The molecule has 0 spiro atoms. The van der Waals surface area contributed by atoms with Crippen LogP contribution < -0.4 is 4.90 Å². The molecule has 2 aromatic heterocycles. The van der Waals surface area contributed by atoms with Crippen molar-refractivity contribution in [1.82, 2.24) is 15.0 Å². The maximum Gasteiger partial charge on any atom is 0.150 e. The van der Waals surface area contributed by atoms with Gasteiger partial charge < -0.3 is 9.64 Å². The molecule has 0 radical (unpaired) electrons. The number of aromatic nitrogens is 3. The van der Waals surface area contributed by atoms with Crippen molar-refractivity contribution < 1.29 is 4.74 Å². The smallest absolute Gasteiger partial charge is 0.150 e. The standard InChI is InChI=1S/C23H24N4O/c1-2-4-20-17(3-1)5-6-21(26-20)18-7-13-27(14-8-18)23-22(24-11-12-25-23)19-9-15-28-16-10-19/h1-7,11-12,19H,8-10,13-16H2. The molecule has 5 heteroatoms. The van der Waals surface area contributed by atoms with Crippen molar-refractivity contribution in [3.8, 4) is 0 Å². The van der Waals surface area contributed by atoms with Crippen molar-refractivity contribution in [2.24, 2.45) is 0 Å². The van der Waals surface area contributed by atoms with Crippen molar-refractivity contribution in [2.75, 3.05) is 31.2 Å². The molecule has 1 fully saturated rings. The van der Waals surface area contributed by atoms with E-state index in [1.165, 1.54) is 11.0 Å². The van der Waals surface area contributed by atoms with Crippen molar-refractivity contribution in [2.45, 2.75) is 25.2 Å². The predicted molar refractivity (Wildman–Crippen MR) is 111 cm³/mol. The van der Waals surface area contributed by atoms with E-state index in [4.69, 9.17) is 19.7 Å². The summed E-state index contributed by atoms with van der Waals surface area (Å²) in [7, 11) is 0. The van der Waals surface area contributed by atoms with E-state index >= 15 is 0 Å². The molecule has 1 aromatic carbocycles. The lowest BCUT2D eigenvalue weighted by Crippen LogP contribution is -2.31. The second-order valence-corrected chi connectivity index (χ2v) is 7.47. The minimum Gasteiger partial charge on any atom is -0.381 e. The Morgan fingerprint density at radius 2 is 1.82 bits per heavy atom. The van der Waals surface area contributed by atoms with Crippen LogP contribution in [0.15, 0.2) is 54.9 Å². The van der Waals surface area contributed by atoms with Crippen LogP contribution in [0.4, 0.5) is 5.82 Å². The van der Waals surface area contributed by atoms with E-state index in [1.54, 1.807) is 0 Å². The summed E-state index contributed by atoms with van der Waals surface area (Å²) in [4.78, 5) is 16.6. The molecule has 4 heterocycles. The highest BCUT2D eigenvalue weighted by Crippen LogP contribution is 2.33. The zero-order valence-corrected chi connectivity index (χ0v) is 15.9. The fourth-order valence-electron chi connectivity index (χ4n) is 4.18. The largest absolute Gasteiger partial charge is 0.381 e. The van der Waals surface area contributed by atoms with Crippen molar-refractivity contribution in [1.29, 1.82) is 0 Å². The number of ether oxygens (including phenoxy) is 1. The zero-order valence-electron chi connectivity index (χ0n) is 15.9. The van der Waals surface area contributed by atoms with Crippen molar-refractivity contribution >= 4 is 22.3 Å². The Hall–Kier alpha value is -2.79. The second-order valence-electron chi connectivity index (χ2n) is 7.47. The van der Waals surface area contributed by atoms with Gasteiger partial charge in [-0.25, -0.2) is 9.97 Å². The highest BCUT2D eigenvalue weighted by molar-refractivity contribution is 5.81. The Bertz CT molecular complexity index is 1010. The minimum atomic E-state index is 0.449. The van der Waals surface area contributed by atoms with Gasteiger partial charge in [-0.3, -0.25) is 4.98 Å². The molecule has 0 unspecified atom stereocenters. The van der Waals surface area contributed by atoms with Crippen LogP contribution in [0.5, 0.6) is 0 Å². The molecule has 5 nitrogen and oxygen atoms in total. The first kappa shape index (κ1) is 17.3. The van der Waals surface area contributed by atoms with E-state index < -0.39 is 0 Å². The Labute approximate surface area is 165 Å². The maximum absolute atomic E-state index is 5.52. The molecular weight excluding hydrogens is 348 g/mol. The van der Waals surface area contributed by atoms with E-state index in [1.807, 2.05) is 18.5 Å². The van der Waals surface area contributed by atoms with Crippen LogP contribution in [-0.2, 0) is 4.74 Å². The van der Waals surface area contributed by atoms with E-state index in [0.717, 1.165) is 68.3 Å². The number of benzene rings is 1. The molecule has 5 rings (SSSR count). The minimum absolute atomic E-state index is 0.449. The van der Waals surface area contributed by atoms with Crippen LogP contribution in [-0.4, -0.2) is 41.3 Å². The third kappa shape index (κ3) is 3.38. The molecule has 2 aliphatic rings. The normalized spacial score (nSPS) is 18.3. The van der Waals surface area contributed by atoms with Gasteiger partial charge in [-0.15, -0.1) is 0 Å². The highest BCUT2D eigenvalue weighted by atomic mass is 16.5. The van der Waals surface area contributed by atoms with Gasteiger partial charge in [-0.05, 0) is 37.0 Å². The molecule has 3 aromatic rings. The summed E-state index contributed by atoms with van der Waals surface area (Å²) in [5.41, 5.74) is 4.59. The average molecular weight is 372 g/mol. The van der Waals surface area contributed by atoms with Crippen molar-refractivity contribution in [3.63, 3.8) is 0 Å². The summed E-state index contributed by atoms with van der Waals surface area (Å²) in [6.45, 7) is 3.42. The van der Waals surface area contributed by atoms with Crippen LogP contribution in [0.2, 0.25) is 0 Å². The lowest BCUT2D eigenvalue weighted by molar-refractivity contribution is 0.0845. The van der Waals surface area contributed by atoms with Gasteiger partial charge in [-0.1, -0.05) is 30.3 Å². The molecule has 28 heavy (non-hydrogen) atoms. The van der Waals surface area contributed by atoms with Gasteiger partial charge in [0.25, 0.3) is 0 Å². The fourth-order valence-corrected chi connectivity index (χ4v) is 4.18. The van der Waals surface area contributed by atoms with Gasteiger partial charge in [-0.2, -0.15) is 0 Å². The maximum atomic E-state index is 5.52. The average Bonchev–Trinajstić information content (AvgIpc) is 2.79. The Morgan fingerprint density at radius 3 is 2.68 bits per heavy atom. The SMILES string of the molecule is C1=C(c2ccc3ccccc3n2)CCN(c2nccnc2C2CCOCC2)C1. The summed E-state index contributed by atoms with van der Waals surface area (Å²) >= 11 is 0. The number of rotatable bonds is 3. The third-order valence-corrected chi connectivity index (χ3v) is 5.75. The van der Waals surface area contributed by atoms with Gasteiger partial charge in [0.15, 0.2) is 5.82 Å². The monoisotopic (exact) mass is 372 g/mol. The number of anilines is 1. The Morgan fingerprint density at radius 1 is 0.964 bits per heavy atom. The van der Waals surface area contributed by atoms with E-state index in [0.29, 0.717) is 5.92 Å². The molecule has 0 amide bonds. The Balaban J connectivity index is 1.38. The van der Waals surface area contributed by atoms with Gasteiger partial charge in [0.1, 0.15) is 0 Å². The van der Waals surface area contributed by atoms with Gasteiger partial charge in [0.2, 0.25) is 0 Å². The van der Waals surface area contributed by atoms with Crippen LogP contribution in [0.1, 0.15) is 36.6 Å². The molecule has 0 N–H and O–H groups in total. The molecule has 0 aliphatic carbocycles.